The van der Waals surface area contributed by atoms with E-state index in [1.807, 2.05) is 0 Å². The fourth-order valence-electron chi connectivity index (χ4n) is 1.05. The summed E-state index contributed by atoms with van der Waals surface area (Å²) in [5, 5.41) is 2.69. The van der Waals surface area contributed by atoms with E-state index >= 15 is 0 Å². The van der Waals surface area contributed by atoms with Crippen LogP contribution in [0.1, 0.15) is 5.56 Å². The standard InChI is InChI=1S/C9H10ClF2N/c1-13-3-2-6-4-7(11)5-8(10)9(6)12/h4-5,13H,2-3H2,1H3. The summed E-state index contributed by atoms with van der Waals surface area (Å²) in [7, 11) is 1.75. The second kappa shape index (κ2) is 4.53. The molecule has 0 atom stereocenters. The van der Waals surface area contributed by atoms with Crippen LogP contribution in [-0.4, -0.2) is 13.6 Å². The van der Waals surface area contributed by atoms with Crippen molar-refractivity contribution in [1.82, 2.24) is 5.32 Å². The van der Waals surface area contributed by atoms with Gasteiger partial charge in [0.05, 0.1) is 5.02 Å². The number of benzene rings is 1. The van der Waals surface area contributed by atoms with Crippen molar-refractivity contribution >= 4 is 11.6 Å². The van der Waals surface area contributed by atoms with Crippen molar-refractivity contribution in [2.75, 3.05) is 13.6 Å². The monoisotopic (exact) mass is 205 g/mol. The normalized spacial score (nSPS) is 10.5. The lowest BCUT2D eigenvalue weighted by Gasteiger charge is -2.04. The molecule has 1 N–H and O–H groups in total. The van der Waals surface area contributed by atoms with Gasteiger partial charge >= 0.3 is 0 Å². The maximum atomic E-state index is 13.2. The second-order valence-electron chi connectivity index (χ2n) is 2.71. The van der Waals surface area contributed by atoms with Gasteiger partial charge in [-0.05, 0) is 37.7 Å². The highest BCUT2D eigenvalue weighted by Gasteiger charge is 2.08. The van der Waals surface area contributed by atoms with Gasteiger partial charge < -0.3 is 5.32 Å². The molecule has 0 spiro atoms. The van der Waals surface area contributed by atoms with E-state index in [0.717, 1.165) is 6.07 Å². The van der Waals surface area contributed by atoms with Crippen LogP contribution in [0, 0.1) is 11.6 Å². The summed E-state index contributed by atoms with van der Waals surface area (Å²) >= 11 is 5.46. The average molecular weight is 206 g/mol. The van der Waals surface area contributed by atoms with Gasteiger partial charge in [-0.2, -0.15) is 0 Å². The van der Waals surface area contributed by atoms with Crippen LogP contribution in [0.5, 0.6) is 0 Å². The first-order chi connectivity index (χ1) is 6.15. The third-order valence-corrected chi connectivity index (χ3v) is 1.99. The molecule has 0 heterocycles. The Morgan fingerprint density at radius 1 is 1.38 bits per heavy atom. The van der Waals surface area contributed by atoms with Crippen LogP contribution in [0.2, 0.25) is 5.02 Å². The van der Waals surface area contributed by atoms with Crippen molar-refractivity contribution in [2.24, 2.45) is 0 Å². The Morgan fingerprint density at radius 2 is 2.08 bits per heavy atom. The van der Waals surface area contributed by atoms with Gasteiger partial charge in [-0.25, -0.2) is 8.78 Å². The molecule has 13 heavy (non-hydrogen) atoms. The van der Waals surface area contributed by atoms with Crippen molar-refractivity contribution < 1.29 is 8.78 Å². The molecule has 0 fully saturated rings. The molecule has 0 saturated heterocycles. The molecule has 1 aromatic carbocycles. The molecule has 1 nitrogen and oxygen atoms in total. The first-order valence-corrected chi connectivity index (χ1v) is 4.31. The van der Waals surface area contributed by atoms with E-state index in [9.17, 15) is 8.78 Å². The van der Waals surface area contributed by atoms with Gasteiger partial charge in [0.15, 0.2) is 0 Å². The van der Waals surface area contributed by atoms with Gasteiger partial charge in [0.25, 0.3) is 0 Å². The van der Waals surface area contributed by atoms with Crippen molar-refractivity contribution in [3.05, 3.63) is 34.4 Å². The topological polar surface area (TPSA) is 12.0 Å². The molecule has 0 unspecified atom stereocenters. The second-order valence-corrected chi connectivity index (χ2v) is 3.12. The highest BCUT2D eigenvalue weighted by Crippen LogP contribution is 2.20. The zero-order valence-corrected chi connectivity index (χ0v) is 7.96. The molecular formula is C9H10ClF2N. The van der Waals surface area contributed by atoms with Gasteiger partial charge in [-0.1, -0.05) is 11.6 Å². The molecule has 0 saturated carbocycles. The minimum atomic E-state index is -0.529. The van der Waals surface area contributed by atoms with Crippen molar-refractivity contribution in [2.45, 2.75) is 6.42 Å². The molecule has 0 bridgehead atoms. The van der Waals surface area contributed by atoms with Crippen LogP contribution in [0.15, 0.2) is 12.1 Å². The van der Waals surface area contributed by atoms with Gasteiger partial charge in [-0.15, -0.1) is 0 Å². The predicted octanol–water partition coefficient (Wildman–Crippen LogP) is 2.38. The molecule has 72 valence electrons. The Hall–Kier alpha value is -0.670. The van der Waals surface area contributed by atoms with Crippen molar-refractivity contribution in [1.29, 1.82) is 0 Å². The smallest absolute Gasteiger partial charge is 0.145 e. The maximum absolute atomic E-state index is 13.2. The molecule has 0 aliphatic rings. The Morgan fingerprint density at radius 3 is 2.69 bits per heavy atom. The lowest BCUT2D eigenvalue weighted by atomic mass is 10.1. The quantitative estimate of drug-likeness (QED) is 0.748. The van der Waals surface area contributed by atoms with E-state index in [0.29, 0.717) is 18.5 Å². The summed E-state index contributed by atoms with van der Waals surface area (Å²) in [5.41, 5.74) is 0.305. The van der Waals surface area contributed by atoms with Crippen LogP contribution >= 0.6 is 11.6 Å². The number of halogens is 3. The fraction of sp³-hybridized carbons (Fsp3) is 0.333. The fourth-order valence-corrected chi connectivity index (χ4v) is 1.28. The van der Waals surface area contributed by atoms with Gasteiger partial charge in [-0.3, -0.25) is 0 Å². The number of hydrogen-bond donors (Lipinski definition) is 1. The minimum absolute atomic E-state index is 0.161. The maximum Gasteiger partial charge on any atom is 0.145 e. The molecule has 4 heteroatoms. The van der Waals surface area contributed by atoms with Crippen LogP contribution in [0.25, 0.3) is 0 Å². The summed E-state index contributed by atoms with van der Waals surface area (Å²) in [5.74, 6) is -1.03. The summed E-state index contributed by atoms with van der Waals surface area (Å²) in [6, 6.07) is 2.14. The van der Waals surface area contributed by atoms with E-state index in [1.165, 1.54) is 6.07 Å². The third kappa shape index (κ3) is 2.64. The van der Waals surface area contributed by atoms with Crippen LogP contribution in [0.4, 0.5) is 8.78 Å². The average Bonchev–Trinajstić information content (AvgIpc) is 2.09. The molecule has 0 aliphatic carbocycles. The zero-order chi connectivity index (χ0) is 9.84. The number of rotatable bonds is 3. The van der Waals surface area contributed by atoms with Crippen molar-refractivity contribution in [3.8, 4) is 0 Å². The summed E-state index contributed by atoms with van der Waals surface area (Å²) in [6.07, 6.45) is 0.430. The van der Waals surface area contributed by atoms with Gasteiger partial charge in [0, 0.05) is 0 Å². The highest BCUT2D eigenvalue weighted by atomic mass is 35.5. The Bertz CT molecular complexity index is 302. The van der Waals surface area contributed by atoms with Crippen LogP contribution < -0.4 is 5.32 Å². The third-order valence-electron chi connectivity index (χ3n) is 1.71. The lowest BCUT2D eigenvalue weighted by molar-refractivity contribution is 0.582. The Labute approximate surface area is 80.7 Å². The van der Waals surface area contributed by atoms with Crippen LogP contribution in [0.3, 0.4) is 0 Å². The first kappa shape index (κ1) is 10.4. The van der Waals surface area contributed by atoms with E-state index in [4.69, 9.17) is 11.6 Å². The zero-order valence-electron chi connectivity index (χ0n) is 7.20. The molecule has 0 amide bonds. The Balaban J connectivity index is 2.92. The number of likely N-dealkylation sites (N-methyl/N-ethyl adjacent to an activating group) is 1. The van der Waals surface area contributed by atoms with E-state index in [-0.39, 0.29) is 5.02 Å². The predicted molar refractivity (Wildman–Crippen MR) is 49.0 cm³/mol. The van der Waals surface area contributed by atoms with Crippen LogP contribution in [-0.2, 0) is 6.42 Å². The summed E-state index contributed by atoms with van der Waals surface area (Å²) in [6.45, 7) is 0.594. The molecule has 0 aliphatic heterocycles. The number of nitrogens with one attached hydrogen (secondary N) is 1. The molecular weight excluding hydrogens is 196 g/mol. The van der Waals surface area contributed by atoms with Gasteiger partial charge in [0.1, 0.15) is 11.6 Å². The lowest BCUT2D eigenvalue weighted by Crippen LogP contribution is -2.11. The molecule has 1 aromatic rings. The van der Waals surface area contributed by atoms with Gasteiger partial charge in [0.2, 0.25) is 0 Å². The highest BCUT2D eigenvalue weighted by molar-refractivity contribution is 6.30. The molecule has 1 rings (SSSR count). The SMILES string of the molecule is CNCCc1cc(F)cc(Cl)c1F. The summed E-state index contributed by atoms with van der Waals surface area (Å²) < 4.78 is 25.9. The van der Waals surface area contributed by atoms with Crippen molar-refractivity contribution in [3.63, 3.8) is 0 Å². The summed E-state index contributed by atoms with van der Waals surface area (Å²) in [4.78, 5) is 0. The first-order valence-electron chi connectivity index (χ1n) is 3.93. The number of hydrogen-bond acceptors (Lipinski definition) is 1. The molecule has 0 aromatic heterocycles. The van der Waals surface area contributed by atoms with E-state index < -0.39 is 11.6 Å². The van der Waals surface area contributed by atoms with E-state index in [1.54, 1.807) is 7.05 Å². The van der Waals surface area contributed by atoms with E-state index in [2.05, 4.69) is 5.32 Å². The largest absolute Gasteiger partial charge is 0.319 e. The minimum Gasteiger partial charge on any atom is -0.319 e. The molecule has 0 radical (unpaired) electrons. The Kier molecular flexibility index (Phi) is 3.63.